The number of hydrogen-bond acceptors (Lipinski definition) is 4. The molecule has 2 aromatic rings. The lowest BCUT2D eigenvalue weighted by Crippen LogP contribution is -2.48. The van der Waals surface area contributed by atoms with E-state index < -0.39 is 0 Å². The summed E-state index contributed by atoms with van der Waals surface area (Å²) < 4.78 is 1.96. The maximum atomic E-state index is 12.1. The number of amides is 1. The standard InChI is InChI=1S/C18H23N5O/c24-18(13-5-6-13)20-14-2-1-8-22(11-14)17-16-10-15(12-3-4-12)21-23(16)9-7-19-17/h7,9-10,12-14H,1-6,8,11H2,(H,20,24). The summed E-state index contributed by atoms with van der Waals surface area (Å²) in [5.74, 6) is 2.17. The Bertz CT molecular complexity index is 777. The number of anilines is 1. The monoisotopic (exact) mass is 325 g/mol. The number of aromatic nitrogens is 3. The van der Waals surface area contributed by atoms with Gasteiger partial charge >= 0.3 is 0 Å². The average molecular weight is 325 g/mol. The van der Waals surface area contributed by atoms with Gasteiger partial charge in [-0.1, -0.05) is 0 Å². The third-order valence-corrected chi connectivity index (χ3v) is 5.40. The summed E-state index contributed by atoms with van der Waals surface area (Å²) in [4.78, 5) is 19.0. The van der Waals surface area contributed by atoms with Crippen LogP contribution in [0.4, 0.5) is 5.82 Å². The van der Waals surface area contributed by atoms with E-state index in [1.54, 1.807) is 0 Å². The van der Waals surface area contributed by atoms with Crippen LogP contribution < -0.4 is 10.2 Å². The van der Waals surface area contributed by atoms with Gasteiger partial charge in [-0.3, -0.25) is 4.79 Å². The van der Waals surface area contributed by atoms with Crippen LogP contribution in [0.5, 0.6) is 0 Å². The molecule has 1 N–H and O–H groups in total. The number of hydrogen-bond donors (Lipinski definition) is 1. The molecule has 2 saturated carbocycles. The molecular weight excluding hydrogens is 302 g/mol. The van der Waals surface area contributed by atoms with Crippen LogP contribution in [-0.4, -0.2) is 39.6 Å². The van der Waals surface area contributed by atoms with E-state index in [9.17, 15) is 4.79 Å². The fourth-order valence-electron chi connectivity index (χ4n) is 3.70. The predicted molar refractivity (Wildman–Crippen MR) is 91.1 cm³/mol. The van der Waals surface area contributed by atoms with Crippen LogP contribution in [0.1, 0.15) is 50.1 Å². The number of fused-ring (bicyclic) bond motifs is 1. The van der Waals surface area contributed by atoms with E-state index in [1.807, 2.05) is 16.9 Å². The van der Waals surface area contributed by atoms with Crippen molar-refractivity contribution in [1.82, 2.24) is 19.9 Å². The van der Waals surface area contributed by atoms with Crippen LogP contribution in [0.15, 0.2) is 18.5 Å². The van der Waals surface area contributed by atoms with E-state index in [1.165, 1.54) is 18.5 Å². The first-order valence-corrected chi connectivity index (χ1v) is 9.17. The summed E-state index contributed by atoms with van der Waals surface area (Å²) >= 11 is 0. The third kappa shape index (κ3) is 2.64. The Balaban J connectivity index is 1.38. The molecule has 24 heavy (non-hydrogen) atoms. The normalized spacial score (nSPS) is 24.3. The van der Waals surface area contributed by atoms with Gasteiger partial charge in [-0.05, 0) is 44.6 Å². The molecule has 1 saturated heterocycles. The van der Waals surface area contributed by atoms with Crippen molar-refractivity contribution in [1.29, 1.82) is 0 Å². The van der Waals surface area contributed by atoms with E-state index in [-0.39, 0.29) is 17.9 Å². The third-order valence-electron chi connectivity index (χ3n) is 5.40. The Labute approximate surface area is 141 Å². The molecule has 0 bridgehead atoms. The zero-order valence-corrected chi connectivity index (χ0v) is 13.8. The van der Waals surface area contributed by atoms with Gasteiger partial charge in [0.15, 0.2) is 5.82 Å². The Morgan fingerprint density at radius 3 is 2.88 bits per heavy atom. The molecule has 1 atom stereocenters. The van der Waals surface area contributed by atoms with Crippen LogP contribution in [0, 0.1) is 5.92 Å². The molecule has 5 rings (SSSR count). The topological polar surface area (TPSA) is 62.5 Å². The van der Waals surface area contributed by atoms with Gasteiger partial charge in [-0.2, -0.15) is 5.10 Å². The van der Waals surface area contributed by atoms with Gasteiger partial charge in [0.2, 0.25) is 5.91 Å². The lowest BCUT2D eigenvalue weighted by molar-refractivity contribution is -0.123. The molecule has 0 spiro atoms. The highest BCUT2D eigenvalue weighted by atomic mass is 16.2. The second-order valence-electron chi connectivity index (χ2n) is 7.49. The average Bonchev–Trinajstić information content (AvgIpc) is 3.50. The molecule has 6 nitrogen and oxygen atoms in total. The SMILES string of the molecule is O=C(NC1CCCN(c2nccn3nc(C4CC4)cc23)C1)C1CC1. The smallest absolute Gasteiger partial charge is 0.223 e. The van der Waals surface area contributed by atoms with Gasteiger partial charge in [-0.15, -0.1) is 0 Å². The van der Waals surface area contributed by atoms with Gasteiger partial charge < -0.3 is 10.2 Å². The lowest BCUT2D eigenvalue weighted by Gasteiger charge is -2.34. The van der Waals surface area contributed by atoms with E-state index >= 15 is 0 Å². The quantitative estimate of drug-likeness (QED) is 0.935. The van der Waals surface area contributed by atoms with Gasteiger partial charge in [0.05, 0.1) is 5.69 Å². The van der Waals surface area contributed by atoms with Crippen molar-refractivity contribution >= 4 is 17.2 Å². The lowest BCUT2D eigenvalue weighted by atomic mass is 10.1. The largest absolute Gasteiger partial charge is 0.353 e. The molecule has 1 aliphatic heterocycles. The number of carbonyl (C=O) groups is 1. The van der Waals surface area contributed by atoms with Crippen LogP contribution in [0.3, 0.4) is 0 Å². The molecule has 0 radical (unpaired) electrons. The van der Waals surface area contributed by atoms with Crippen molar-refractivity contribution in [2.24, 2.45) is 5.92 Å². The molecule has 6 heteroatoms. The molecule has 3 fully saturated rings. The fourth-order valence-corrected chi connectivity index (χ4v) is 3.70. The summed E-state index contributed by atoms with van der Waals surface area (Å²) in [6.45, 7) is 1.83. The number of piperidine rings is 1. The van der Waals surface area contributed by atoms with Gasteiger partial charge in [-0.25, -0.2) is 9.50 Å². The Morgan fingerprint density at radius 1 is 1.21 bits per heavy atom. The van der Waals surface area contributed by atoms with Crippen LogP contribution >= 0.6 is 0 Å². The molecule has 2 aliphatic carbocycles. The summed E-state index contributed by atoms with van der Waals surface area (Å²) in [7, 11) is 0. The van der Waals surface area contributed by atoms with Gasteiger partial charge in [0.1, 0.15) is 5.52 Å². The van der Waals surface area contributed by atoms with Crippen molar-refractivity contribution < 1.29 is 4.79 Å². The molecular formula is C18H23N5O. The molecule has 1 amide bonds. The minimum Gasteiger partial charge on any atom is -0.353 e. The molecule has 2 aromatic heterocycles. The van der Waals surface area contributed by atoms with E-state index in [4.69, 9.17) is 5.10 Å². The summed E-state index contributed by atoms with van der Waals surface area (Å²) in [6, 6.07) is 2.44. The highest BCUT2D eigenvalue weighted by Crippen LogP contribution is 2.40. The van der Waals surface area contributed by atoms with Crippen LogP contribution in [0.2, 0.25) is 0 Å². The maximum absolute atomic E-state index is 12.1. The molecule has 3 heterocycles. The number of carbonyl (C=O) groups excluding carboxylic acids is 1. The highest BCUT2D eigenvalue weighted by molar-refractivity contribution is 5.81. The highest BCUT2D eigenvalue weighted by Gasteiger charge is 2.33. The summed E-state index contributed by atoms with van der Waals surface area (Å²) in [5.41, 5.74) is 2.29. The molecule has 1 unspecified atom stereocenters. The van der Waals surface area contributed by atoms with E-state index in [0.29, 0.717) is 5.92 Å². The van der Waals surface area contributed by atoms with Gasteiger partial charge in [0, 0.05) is 43.4 Å². The minimum atomic E-state index is 0.236. The summed E-state index contributed by atoms with van der Waals surface area (Å²) in [5, 5.41) is 7.94. The predicted octanol–water partition coefficient (Wildman–Crippen LogP) is 2.10. The van der Waals surface area contributed by atoms with Crippen molar-refractivity contribution in [3.05, 3.63) is 24.2 Å². The van der Waals surface area contributed by atoms with Gasteiger partial charge in [0.25, 0.3) is 0 Å². The van der Waals surface area contributed by atoms with Crippen molar-refractivity contribution in [2.75, 3.05) is 18.0 Å². The fraction of sp³-hybridized carbons (Fsp3) is 0.611. The number of nitrogens with one attached hydrogen (secondary N) is 1. The molecule has 0 aromatic carbocycles. The minimum absolute atomic E-state index is 0.236. The van der Waals surface area contributed by atoms with E-state index in [2.05, 4.69) is 21.3 Å². The van der Waals surface area contributed by atoms with E-state index in [0.717, 1.165) is 50.1 Å². The van der Waals surface area contributed by atoms with Crippen LogP contribution in [-0.2, 0) is 4.79 Å². The van der Waals surface area contributed by atoms with Crippen molar-refractivity contribution in [3.8, 4) is 0 Å². The second-order valence-corrected chi connectivity index (χ2v) is 7.49. The maximum Gasteiger partial charge on any atom is 0.223 e. The van der Waals surface area contributed by atoms with Crippen molar-refractivity contribution in [2.45, 2.75) is 50.5 Å². The Kier molecular flexibility index (Phi) is 3.24. The molecule has 3 aliphatic rings. The van der Waals surface area contributed by atoms with Crippen molar-refractivity contribution in [3.63, 3.8) is 0 Å². The van der Waals surface area contributed by atoms with Crippen LogP contribution in [0.25, 0.3) is 5.52 Å². The first-order valence-electron chi connectivity index (χ1n) is 9.17. The second kappa shape index (κ2) is 5.46. The first kappa shape index (κ1) is 14.3. The zero-order chi connectivity index (χ0) is 16.1. The number of nitrogens with zero attached hydrogens (tertiary/aromatic N) is 4. The Morgan fingerprint density at radius 2 is 2.08 bits per heavy atom. The Hall–Kier alpha value is -2.11. The number of rotatable bonds is 4. The summed E-state index contributed by atoms with van der Waals surface area (Å²) in [6.07, 6.45) is 10.5. The first-order chi connectivity index (χ1) is 11.8. The molecule has 126 valence electrons. The zero-order valence-electron chi connectivity index (χ0n) is 13.8.